The molecule has 0 amide bonds. The highest BCUT2D eigenvalue weighted by Gasteiger charge is 2.37. The van der Waals surface area contributed by atoms with Crippen molar-refractivity contribution in [3.8, 4) is 0 Å². The van der Waals surface area contributed by atoms with Gasteiger partial charge in [0.25, 0.3) is 0 Å². The number of rotatable bonds is 7. The van der Waals surface area contributed by atoms with Crippen LogP contribution in [0, 0.1) is 0 Å². The molecule has 0 aliphatic carbocycles. The summed E-state index contributed by atoms with van der Waals surface area (Å²) in [4.78, 5) is 4.58. The van der Waals surface area contributed by atoms with E-state index in [0.717, 1.165) is 6.07 Å². The number of guanidine groups is 1. The Bertz CT molecular complexity index is 684. The van der Waals surface area contributed by atoms with E-state index in [4.69, 9.17) is 9.47 Å². The molecule has 2 rings (SSSR count). The van der Waals surface area contributed by atoms with Crippen LogP contribution in [0.2, 0.25) is 0 Å². The number of alkyl halides is 3. The minimum atomic E-state index is -4.36. The zero-order valence-corrected chi connectivity index (χ0v) is 17.7. The van der Waals surface area contributed by atoms with Gasteiger partial charge in [0, 0.05) is 38.8 Å². The summed E-state index contributed by atoms with van der Waals surface area (Å²) in [7, 11) is 1.64. The summed E-state index contributed by atoms with van der Waals surface area (Å²) in [6.45, 7) is 8.50. The maximum Gasteiger partial charge on any atom is 0.416 e. The fourth-order valence-corrected chi connectivity index (χ4v) is 3.28. The van der Waals surface area contributed by atoms with Crippen molar-refractivity contribution in [2.24, 2.45) is 4.99 Å². The van der Waals surface area contributed by atoms with E-state index in [0.29, 0.717) is 57.2 Å². The second-order valence-electron chi connectivity index (χ2n) is 7.98. The van der Waals surface area contributed by atoms with Gasteiger partial charge in [0.2, 0.25) is 0 Å². The van der Waals surface area contributed by atoms with Crippen molar-refractivity contribution in [2.45, 2.75) is 50.8 Å². The molecule has 0 radical (unpaired) electrons. The van der Waals surface area contributed by atoms with Gasteiger partial charge in [0.15, 0.2) is 5.96 Å². The van der Waals surface area contributed by atoms with Gasteiger partial charge in [-0.1, -0.05) is 18.2 Å². The number of aliphatic imine (C=N–C) groups is 1. The lowest BCUT2D eigenvalue weighted by Crippen LogP contribution is -2.48. The molecule has 0 spiro atoms. The third-order valence-electron chi connectivity index (χ3n) is 5.36. The van der Waals surface area contributed by atoms with Crippen molar-refractivity contribution in [3.63, 3.8) is 0 Å². The first kappa shape index (κ1) is 23.5. The first-order valence-electron chi connectivity index (χ1n) is 9.95. The van der Waals surface area contributed by atoms with Gasteiger partial charge >= 0.3 is 6.18 Å². The molecule has 1 aliphatic heterocycles. The van der Waals surface area contributed by atoms with E-state index in [-0.39, 0.29) is 0 Å². The Morgan fingerprint density at radius 3 is 2.48 bits per heavy atom. The van der Waals surface area contributed by atoms with E-state index >= 15 is 0 Å². The second-order valence-corrected chi connectivity index (χ2v) is 7.98. The lowest BCUT2D eigenvalue weighted by molar-refractivity contribution is -0.137. The summed E-state index contributed by atoms with van der Waals surface area (Å²) in [5.41, 5.74) is -0.800. The molecule has 1 aromatic carbocycles. The standard InChI is InChI=1S/C21H32F3N3O2/c1-5-25-18(26-14-19(2,3)28-4)27-15-20(9-11-29-12-10-20)16-7-6-8-17(13-16)21(22,23)24/h6-8,13H,5,9-12,14-15H2,1-4H3,(H2,25,26,27). The van der Waals surface area contributed by atoms with Crippen molar-refractivity contribution in [1.82, 2.24) is 10.6 Å². The van der Waals surface area contributed by atoms with Crippen LogP contribution >= 0.6 is 0 Å². The number of methoxy groups -OCH3 is 1. The van der Waals surface area contributed by atoms with Crippen LogP contribution in [0.3, 0.4) is 0 Å². The first-order valence-corrected chi connectivity index (χ1v) is 9.95. The third-order valence-corrected chi connectivity index (χ3v) is 5.36. The third kappa shape index (κ3) is 6.60. The SMILES string of the molecule is CCNC(=NCC(C)(C)OC)NCC1(c2cccc(C(F)(F)F)c2)CCOCC1. The van der Waals surface area contributed by atoms with Crippen LogP contribution in [-0.4, -0.2) is 51.5 Å². The molecule has 1 aliphatic rings. The van der Waals surface area contributed by atoms with Crippen molar-refractivity contribution in [3.05, 3.63) is 35.4 Å². The zero-order valence-electron chi connectivity index (χ0n) is 17.7. The largest absolute Gasteiger partial charge is 0.416 e. The zero-order chi connectivity index (χ0) is 21.5. The van der Waals surface area contributed by atoms with Crippen LogP contribution in [0.5, 0.6) is 0 Å². The predicted octanol–water partition coefficient (Wildman–Crippen LogP) is 3.73. The van der Waals surface area contributed by atoms with E-state index in [1.807, 2.05) is 20.8 Å². The van der Waals surface area contributed by atoms with Crippen molar-refractivity contribution < 1.29 is 22.6 Å². The maximum absolute atomic E-state index is 13.2. The molecule has 2 N–H and O–H groups in total. The number of benzene rings is 1. The number of nitrogens with one attached hydrogen (secondary N) is 2. The molecule has 0 atom stereocenters. The lowest BCUT2D eigenvalue weighted by Gasteiger charge is -2.38. The number of nitrogens with zero attached hydrogens (tertiary/aromatic N) is 1. The monoisotopic (exact) mass is 415 g/mol. The van der Waals surface area contributed by atoms with Crippen molar-refractivity contribution >= 4 is 5.96 Å². The molecular weight excluding hydrogens is 383 g/mol. The molecule has 0 unspecified atom stereocenters. The van der Waals surface area contributed by atoms with Crippen molar-refractivity contribution in [1.29, 1.82) is 0 Å². The molecule has 164 valence electrons. The van der Waals surface area contributed by atoms with Crippen LogP contribution in [0.4, 0.5) is 13.2 Å². The smallest absolute Gasteiger partial charge is 0.381 e. The molecule has 29 heavy (non-hydrogen) atoms. The highest BCUT2D eigenvalue weighted by Crippen LogP contribution is 2.37. The minimum Gasteiger partial charge on any atom is -0.381 e. The van der Waals surface area contributed by atoms with Gasteiger partial charge in [0.05, 0.1) is 17.7 Å². The maximum atomic E-state index is 13.2. The summed E-state index contributed by atoms with van der Waals surface area (Å²) >= 11 is 0. The highest BCUT2D eigenvalue weighted by molar-refractivity contribution is 5.80. The Kier molecular flexibility index (Phi) is 7.94. The number of hydrogen-bond donors (Lipinski definition) is 2. The van der Waals surface area contributed by atoms with Crippen LogP contribution < -0.4 is 10.6 Å². The minimum absolute atomic E-state index is 0.403. The number of halogens is 3. The van der Waals surface area contributed by atoms with E-state index in [1.165, 1.54) is 12.1 Å². The molecule has 0 bridgehead atoms. The molecule has 0 saturated carbocycles. The van der Waals surface area contributed by atoms with Gasteiger partial charge < -0.3 is 20.1 Å². The highest BCUT2D eigenvalue weighted by atomic mass is 19.4. The Morgan fingerprint density at radius 1 is 1.21 bits per heavy atom. The topological polar surface area (TPSA) is 54.9 Å². The summed E-state index contributed by atoms with van der Waals surface area (Å²) < 4.78 is 50.6. The molecule has 1 saturated heterocycles. The molecule has 1 fully saturated rings. The van der Waals surface area contributed by atoms with Crippen LogP contribution in [0.25, 0.3) is 0 Å². The molecule has 8 heteroatoms. The second kappa shape index (κ2) is 9.80. The van der Waals surface area contributed by atoms with Crippen LogP contribution in [0.1, 0.15) is 44.7 Å². The van der Waals surface area contributed by atoms with E-state index in [1.54, 1.807) is 13.2 Å². The Hall–Kier alpha value is -1.80. The van der Waals surface area contributed by atoms with Gasteiger partial charge in [-0.25, -0.2) is 0 Å². The predicted molar refractivity (Wildman–Crippen MR) is 108 cm³/mol. The van der Waals surface area contributed by atoms with Gasteiger partial charge in [-0.15, -0.1) is 0 Å². The molecule has 1 heterocycles. The van der Waals surface area contributed by atoms with Gasteiger partial charge in [-0.3, -0.25) is 4.99 Å². The normalized spacial score (nSPS) is 17.8. The molecular formula is C21H32F3N3O2. The summed E-state index contributed by atoms with van der Waals surface area (Å²) in [6, 6.07) is 5.64. The quantitative estimate of drug-likeness (QED) is 0.526. The molecule has 0 aromatic heterocycles. The summed E-state index contributed by atoms with van der Waals surface area (Å²) in [5.74, 6) is 0.621. The van der Waals surface area contributed by atoms with E-state index < -0.39 is 22.8 Å². The average molecular weight is 416 g/mol. The number of hydrogen-bond acceptors (Lipinski definition) is 3. The van der Waals surface area contributed by atoms with E-state index in [2.05, 4.69) is 15.6 Å². The average Bonchev–Trinajstić information content (AvgIpc) is 2.70. The first-order chi connectivity index (χ1) is 13.6. The van der Waals surface area contributed by atoms with Gasteiger partial charge in [-0.05, 0) is 45.2 Å². The van der Waals surface area contributed by atoms with Crippen LogP contribution in [0.15, 0.2) is 29.3 Å². The lowest BCUT2D eigenvalue weighted by atomic mass is 9.73. The fourth-order valence-electron chi connectivity index (χ4n) is 3.28. The Balaban J connectivity index is 2.25. The van der Waals surface area contributed by atoms with Gasteiger partial charge in [-0.2, -0.15) is 13.2 Å². The Labute approximate surface area is 171 Å². The van der Waals surface area contributed by atoms with E-state index in [9.17, 15) is 13.2 Å². The summed E-state index contributed by atoms with van der Waals surface area (Å²) in [5, 5.41) is 6.53. The van der Waals surface area contributed by atoms with Crippen molar-refractivity contribution in [2.75, 3.05) is 40.0 Å². The molecule has 5 nitrogen and oxygen atoms in total. The Morgan fingerprint density at radius 2 is 1.90 bits per heavy atom. The fraction of sp³-hybridized carbons (Fsp3) is 0.667. The number of ether oxygens (including phenoxy) is 2. The van der Waals surface area contributed by atoms with Gasteiger partial charge in [0.1, 0.15) is 0 Å². The summed E-state index contributed by atoms with van der Waals surface area (Å²) in [6.07, 6.45) is -3.08. The van der Waals surface area contributed by atoms with Crippen LogP contribution in [-0.2, 0) is 21.1 Å². The molecule has 1 aromatic rings.